The maximum absolute atomic E-state index is 11.3. The van der Waals surface area contributed by atoms with Gasteiger partial charge in [0.15, 0.2) is 0 Å². The molecule has 0 spiro atoms. The molecule has 0 saturated heterocycles. The van der Waals surface area contributed by atoms with E-state index in [0.29, 0.717) is 0 Å². The van der Waals surface area contributed by atoms with Gasteiger partial charge in [0.2, 0.25) is 0 Å². The quantitative estimate of drug-likeness (QED) is 0.197. The van der Waals surface area contributed by atoms with Crippen molar-refractivity contribution in [2.45, 2.75) is 11.7 Å². The minimum absolute atomic E-state index is 0. The average Bonchev–Trinajstić information content (AvgIpc) is 2.64. The molecule has 0 radical (unpaired) electrons. The Balaban J connectivity index is -0.0000000229. The summed E-state index contributed by atoms with van der Waals surface area (Å²) >= 11 is 0. The van der Waals surface area contributed by atoms with Gasteiger partial charge in [-0.3, -0.25) is 4.79 Å². The van der Waals surface area contributed by atoms with Crippen LogP contribution >= 0.6 is 0 Å². The third-order valence-electron chi connectivity index (χ3n) is 2.11. The molecule has 0 aliphatic heterocycles. The molecule has 0 heterocycles. The maximum Gasteiger partial charge on any atom is 1.00 e. The summed E-state index contributed by atoms with van der Waals surface area (Å²) in [5, 5.41) is 7.97. The minimum atomic E-state index is -5.25. The number of carbonyl (C=O) groups excluding carboxylic acids is 2. The molecule has 0 saturated carbocycles. The Morgan fingerprint density at radius 1 is 0.806 bits per heavy atom. The zero-order chi connectivity index (χ0) is 22.0. The van der Waals surface area contributed by atoms with Gasteiger partial charge in [0.25, 0.3) is 5.91 Å². The predicted molar refractivity (Wildman–Crippen MR) is 130 cm³/mol. The molecule has 1 amide bonds. The van der Waals surface area contributed by atoms with E-state index in [1.807, 2.05) is 5.87 Å². The van der Waals surface area contributed by atoms with E-state index in [9.17, 15) is 27.7 Å². The van der Waals surface area contributed by atoms with Crippen LogP contribution in [0.2, 0.25) is 0 Å². The van der Waals surface area contributed by atoms with Gasteiger partial charge in [0.1, 0.15) is 10.1 Å². The SMILES string of the molecule is C=C=C=C=C=C=C=C=C=C=C=C=C=C=C=C=C=NC(=O)CC(C(=O)[O-])S(=O)(=O)[O-].[HH].[HH].[HH].[HH].[HH].[HH].[HH].[HH].[HH].[HH].[HH].[HH].[HH].[HH].[HH].[HH].[HH].[Na+].[Na+]. The summed E-state index contributed by atoms with van der Waals surface area (Å²) in [6.45, 7) is 3.26. The molecule has 172 valence electrons. The summed E-state index contributed by atoms with van der Waals surface area (Å²) < 4.78 is 32.0. The van der Waals surface area contributed by atoms with E-state index in [4.69, 9.17) is 0 Å². The van der Waals surface area contributed by atoms with Gasteiger partial charge in [-0.05, 0) is 46.7 Å². The van der Waals surface area contributed by atoms with E-state index >= 15 is 0 Å². The number of hydrogen-bond acceptors (Lipinski definition) is 6. The van der Waals surface area contributed by atoms with E-state index in [2.05, 4.69) is 97.5 Å². The van der Waals surface area contributed by atoms with Crippen molar-refractivity contribution < 1.29 is 111 Å². The normalized spacial score (nSPS) is 7.65. The number of aliphatic carboxylic acids is 1. The van der Waals surface area contributed by atoms with E-state index in [1.165, 1.54) is 0 Å². The summed E-state index contributed by atoms with van der Waals surface area (Å²) in [4.78, 5) is 24.8. The fourth-order valence-corrected chi connectivity index (χ4v) is 1.63. The number of amides is 1. The fraction of sp³-hybridized carbons (Fsp3) is 0.0952. The molecule has 0 fully saturated rings. The molecule has 1 atom stereocenters. The summed E-state index contributed by atoms with van der Waals surface area (Å²) in [6.07, 6.45) is -1.19. The third-order valence-corrected chi connectivity index (χ3v) is 3.16. The number of nitrogens with zero attached hydrogens (tertiary/aromatic N) is 1. The van der Waals surface area contributed by atoms with E-state index in [0.717, 1.165) is 0 Å². The van der Waals surface area contributed by atoms with Crippen LogP contribution in [0.3, 0.4) is 0 Å². The zero-order valence-corrected chi connectivity index (χ0v) is 21.1. The standard InChI is InChI=1S/C21H7NO6S.2Na.17H2/c1-2-3-4-5-6-7-8-9-10-11-12-13-14-15-16-17-22-20(23)18-19(21(24)25)29(26,27)28;;;;;;;;;;;;;;;;;;;/h19H,1,18H2,(H,24,25)(H,26,27,28);;;17*1H/q;2*+1;;;;;;;;;;;;;;;;;/p-2. The fourth-order valence-electron chi connectivity index (χ4n) is 1.04. The smallest absolute Gasteiger partial charge is 0.747 e. The first-order chi connectivity index (χ1) is 13.8. The first-order valence-corrected chi connectivity index (χ1v) is 8.42. The Kier molecular flexibility index (Phi) is 21.7. The van der Waals surface area contributed by atoms with Gasteiger partial charge in [-0.1, -0.05) is 5.73 Å². The largest absolute Gasteiger partial charge is 1.00 e. The molecule has 0 rings (SSSR count). The van der Waals surface area contributed by atoms with Crippen LogP contribution in [0.4, 0.5) is 0 Å². The predicted octanol–water partition coefficient (Wildman–Crippen LogP) is -2.06. The zero-order valence-electron chi connectivity index (χ0n) is 16.3. The van der Waals surface area contributed by atoms with Crippen LogP contribution in [0.15, 0.2) is 97.5 Å². The van der Waals surface area contributed by atoms with E-state index in [-0.39, 0.29) is 83.4 Å². The first kappa shape index (κ1) is 32.9. The number of carbonyl (C=O) groups is 2. The van der Waals surface area contributed by atoms with Gasteiger partial charge < -0.3 is 14.5 Å². The molecule has 7 nitrogen and oxygen atoms in total. The Morgan fingerprint density at radius 2 is 1.16 bits per heavy atom. The molecule has 0 aromatic carbocycles. The van der Waals surface area contributed by atoms with Gasteiger partial charge in [0.05, 0.1) is 23.5 Å². The van der Waals surface area contributed by atoms with Crippen molar-refractivity contribution in [3.05, 3.63) is 92.5 Å². The van der Waals surface area contributed by atoms with Crippen LogP contribution < -0.4 is 64.2 Å². The maximum atomic E-state index is 11.3. The molecule has 0 bridgehead atoms. The van der Waals surface area contributed by atoms with Crippen LogP contribution in [0.5, 0.6) is 0 Å². The number of carboxylic acid groups (broad SMARTS) is 1. The van der Waals surface area contributed by atoms with Gasteiger partial charge in [-0.15, -0.1) is 0 Å². The van der Waals surface area contributed by atoms with Crippen molar-refractivity contribution >= 4 is 27.9 Å². The van der Waals surface area contributed by atoms with Crippen LogP contribution in [-0.2, 0) is 19.7 Å². The van der Waals surface area contributed by atoms with Gasteiger partial charge >= 0.3 is 59.1 Å². The van der Waals surface area contributed by atoms with E-state index < -0.39 is 33.7 Å². The van der Waals surface area contributed by atoms with Crippen molar-refractivity contribution in [3.63, 3.8) is 0 Å². The van der Waals surface area contributed by atoms with Crippen molar-refractivity contribution in [1.82, 2.24) is 0 Å². The number of hydrogen-bond donors (Lipinski definition) is 0. The van der Waals surface area contributed by atoms with Gasteiger partial charge in [-0.2, -0.15) is 4.99 Å². The Morgan fingerprint density at radius 3 is 1.48 bits per heavy atom. The van der Waals surface area contributed by atoms with Crippen LogP contribution in [0.1, 0.15) is 30.7 Å². The van der Waals surface area contributed by atoms with Crippen molar-refractivity contribution in [2.24, 2.45) is 4.99 Å². The average molecular weight is 480 g/mol. The molecule has 10 heteroatoms. The van der Waals surface area contributed by atoms with E-state index in [1.54, 1.807) is 0 Å². The molecular weight excluding hydrogens is 440 g/mol. The number of aliphatic imine (C=N–C) groups is 1. The molecule has 0 aromatic rings. The third kappa shape index (κ3) is 20.3. The number of rotatable bonds is 4. The molecular formula is C21H39NNa2O6S. The molecule has 0 aromatic heterocycles. The second-order valence-corrected chi connectivity index (χ2v) is 5.60. The van der Waals surface area contributed by atoms with Gasteiger partial charge in [0, 0.05) is 64.4 Å². The second kappa shape index (κ2) is 20.5. The Hall–Kier alpha value is -2.80. The summed E-state index contributed by atoms with van der Waals surface area (Å²) in [5.74, 6) is -1.52. The van der Waals surface area contributed by atoms with Crippen LogP contribution in [0, 0.1) is 0 Å². The monoisotopic (exact) mass is 479 g/mol. The summed E-state index contributed by atoms with van der Waals surface area (Å²) in [5.41, 5.74) is 35.1. The number of carboxylic acids is 1. The summed E-state index contributed by atoms with van der Waals surface area (Å²) in [7, 11) is -5.25. The molecule has 0 aliphatic carbocycles. The Labute approximate surface area is 247 Å². The minimum Gasteiger partial charge on any atom is -0.747 e. The van der Waals surface area contributed by atoms with Crippen molar-refractivity contribution in [2.75, 3.05) is 0 Å². The first-order valence-electron chi connectivity index (χ1n) is 6.95. The molecule has 0 aliphatic rings. The summed E-state index contributed by atoms with van der Waals surface area (Å²) in [6, 6.07) is 0. The molecule has 31 heavy (non-hydrogen) atoms. The molecule has 0 N–H and O–H groups in total. The second-order valence-electron chi connectivity index (χ2n) is 4.05. The Bertz CT molecular complexity index is 1480. The van der Waals surface area contributed by atoms with Crippen LogP contribution in [-0.4, -0.2) is 36.0 Å². The van der Waals surface area contributed by atoms with Gasteiger partial charge in [-0.25, -0.2) is 8.42 Å². The van der Waals surface area contributed by atoms with Crippen LogP contribution in [0.25, 0.3) is 0 Å². The topological polar surface area (TPSA) is 127 Å². The van der Waals surface area contributed by atoms with Crippen molar-refractivity contribution in [3.8, 4) is 0 Å². The van der Waals surface area contributed by atoms with Crippen molar-refractivity contribution in [1.29, 1.82) is 0 Å². The molecule has 1 unspecified atom stereocenters.